The summed E-state index contributed by atoms with van der Waals surface area (Å²) in [6.07, 6.45) is 0. The molecule has 0 N–H and O–H groups in total. The van der Waals surface area contributed by atoms with Crippen molar-refractivity contribution in [3.63, 3.8) is 0 Å². The second-order valence-electron chi connectivity index (χ2n) is 12.1. The van der Waals surface area contributed by atoms with Crippen LogP contribution < -0.4 is 0 Å². The molecule has 0 bridgehead atoms. The van der Waals surface area contributed by atoms with Crippen molar-refractivity contribution < 1.29 is 158 Å². The molecule has 0 atom stereocenters. The van der Waals surface area contributed by atoms with Gasteiger partial charge in [0.1, 0.15) is 0 Å². The molecule has 5 rings (SSSR count). The molecule has 5 aromatic rings. The summed E-state index contributed by atoms with van der Waals surface area (Å²) in [5.74, 6) is 0. The Bertz CT molecular complexity index is 2110. The van der Waals surface area contributed by atoms with Gasteiger partial charge in [-0.1, -0.05) is 53.1 Å². The van der Waals surface area contributed by atoms with E-state index >= 15 is 0 Å². The maximum Gasteiger partial charge on any atom is 0.243 e. The number of hydrogen-bond acceptors (Lipinski definition) is 6. The molecule has 311 valence electrons. The molecule has 0 fully saturated rings. The minimum atomic E-state index is -4.23. The van der Waals surface area contributed by atoms with Crippen LogP contribution in [-0.4, -0.2) is 64.3 Å². The Morgan fingerprint density at radius 1 is 0.418 bits per heavy atom. The molecule has 9 nitrogen and oxygen atoms in total. The van der Waals surface area contributed by atoms with Crippen molar-refractivity contribution in [3.8, 4) is 0 Å². The molecule has 0 saturated carbocycles. The molecule has 55 heavy (non-hydrogen) atoms. The molecular weight excluding hydrogens is 1390 g/mol. The van der Waals surface area contributed by atoms with Crippen molar-refractivity contribution in [1.82, 2.24) is 12.9 Å². The van der Waals surface area contributed by atoms with Gasteiger partial charge in [0.05, 0.1) is 14.7 Å². The third-order valence-corrected chi connectivity index (χ3v) is 13.9. The van der Waals surface area contributed by atoms with Crippen molar-refractivity contribution in [1.29, 1.82) is 0 Å². The van der Waals surface area contributed by atoms with E-state index in [0.29, 0.717) is 11.1 Å². The first-order chi connectivity index (χ1) is 24.3. The van der Waals surface area contributed by atoms with Crippen molar-refractivity contribution in [2.24, 2.45) is 0 Å². The van der Waals surface area contributed by atoms with Crippen LogP contribution >= 0.6 is 0 Å². The van der Waals surface area contributed by atoms with Gasteiger partial charge in [-0.3, -0.25) is 47.5 Å². The second kappa shape index (κ2) is 24.5. The maximum absolute atomic E-state index is 14.3. The Labute approximate surface area is 429 Å². The molecule has 0 amide bonds. The van der Waals surface area contributed by atoms with Crippen LogP contribution in [0.2, 0.25) is 0 Å². The van der Waals surface area contributed by atoms with Gasteiger partial charge in [0.25, 0.3) is 0 Å². The molecule has 0 saturated heterocycles. The molecule has 0 aliphatic carbocycles. The average Bonchev–Trinajstić information content (AvgIpc) is 3.11. The quantitative estimate of drug-likeness (QED) is 0.119. The summed E-state index contributed by atoms with van der Waals surface area (Å²) in [6.45, 7) is 4.33. The average molecular weight is 1430 g/mol. The van der Waals surface area contributed by atoms with Crippen molar-refractivity contribution >= 4 is 30.1 Å². The van der Waals surface area contributed by atoms with Crippen LogP contribution in [0.4, 0.5) is 0 Å². The predicted octanol–water partition coefficient (Wildman–Crippen LogP) is 5.58. The largest absolute Gasteiger partial charge is 0.354 e. The van der Waals surface area contributed by atoms with E-state index in [1.807, 2.05) is 20.8 Å². The Morgan fingerprint density at radius 2 is 0.655 bits per heavy atom. The number of sulfonamides is 3. The van der Waals surface area contributed by atoms with E-state index in [1.54, 1.807) is 72.8 Å². The molecule has 5 aromatic carbocycles. The summed E-state index contributed by atoms with van der Waals surface area (Å²) >= 11 is 0. The van der Waals surface area contributed by atoms with Gasteiger partial charge in [-0.25, -0.2) is 25.3 Å². The standard InChI is InChI=1S/C39H39N3O6S3.3Er.Re/c1-32-14-20-37(21-15-32)49(43,44)40(26-28-41(30-35-10-6-4-7-11-35)50(45,46)38-22-16-33(2)17-23-38)27-29-42(31-36-12-8-5-9-13-36)51(47,48)39-24-18-34(3)19-25-39;;;;/h4-9,14-25H,26-31H2,1-3H3;;;;/q-4;;;;. The van der Waals surface area contributed by atoms with Gasteiger partial charge in [0, 0.05) is 159 Å². The van der Waals surface area contributed by atoms with E-state index in [1.165, 1.54) is 45.0 Å². The monoisotopic (exact) mass is 1430 g/mol. The fraction of sp³-hybridized carbons (Fsp3) is 0.231. The number of benzene rings is 5. The zero-order chi connectivity index (χ0) is 36.6. The minimum Gasteiger partial charge on any atom is -0.354 e. The first kappa shape index (κ1) is 53.3. The predicted molar refractivity (Wildman–Crippen MR) is 196 cm³/mol. The molecule has 0 spiro atoms. The topological polar surface area (TPSA) is 112 Å². The van der Waals surface area contributed by atoms with E-state index < -0.39 is 30.1 Å². The Kier molecular flexibility index (Phi) is 23.7. The molecular formula is C39H39Er3N3O6ReS3-4. The Hall–Kier alpha value is 0.233. The van der Waals surface area contributed by atoms with Crippen molar-refractivity contribution in [3.05, 3.63) is 161 Å². The zero-order valence-electron chi connectivity index (χ0n) is 29.9. The Morgan fingerprint density at radius 3 is 0.927 bits per heavy atom. The van der Waals surface area contributed by atoms with Gasteiger partial charge in [-0.15, -0.1) is 0 Å². The third-order valence-electron chi connectivity index (χ3n) is 8.26. The summed E-state index contributed by atoms with van der Waals surface area (Å²) in [7, 11) is -12.4. The van der Waals surface area contributed by atoms with Crippen LogP contribution in [0.15, 0.2) is 124 Å². The Balaban J connectivity index is 0.00000378. The fourth-order valence-electron chi connectivity index (χ4n) is 5.25. The molecule has 1 radical (unpaired) electrons. The van der Waals surface area contributed by atoms with Crippen LogP contribution in [0, 0.1) is 157 Å². The van der Waals surface area contributed by atoms with Crippen LogP contribution in [-0.2, 0) is 63.6 Å². The fourth-order valence-corrected chi connectivity index (χ4v) is 9.47. The van der Waals surface area contributed by atoms with E-state index in [-0.39, 0.29) is 186 Å². The van der Waals surface area contributed by atoms with Crippen LogP contribution in [0.25, 0.3) is 0 Å². The van der Waals surface area contributed by atoms with Gasteiger partial charge < -0.3 is 24.3 Å². The minimum absolute atomic E-state index is 0. The van der Waals surface area contributed by atoms with E-state index in [4.69, 9.17) is 0 Å². The van der Waals surface area contributed by atoms with Crippen molar-refractivity contribution in [2.75, 3.05) is 26.2 Å². The van der Waals surface area contributed by atoms with Gasteiger partial charge in [-0.05, 0) is 70.3 Å². The SMILES string of the molecule is Cc1ccc(S(=O)(=O)N(CCN(Cc2[c-]ccc[c-]2)S(=O)(=O)c2ccc(C)cc2)CCN(Cc2[c-]ccc[c-]2)S(=O)(=O)c2ccc(C)cc2)cc1.[Er].[Er].[Er].[Re]. The molecule has 0 aromatic heterocycles. The number of nitrogens with zero attached hydrogens (tertiary/aromatic N) is 3. The molecule has 0 unspecified atom stereocenters. The summed E-state index contributed by atoms with van der Waals surface area (Å²) in [5.41, 5.74) is 3.59. The first-order valence-corrected chi connectivity index (χ1v) is 20.5. The van der Waals surface area contributed by atoms with Crippen LogP contribution in [0.5, 0.6) is 0 Å². The summed E-state index contributed by atoms with van der Waals surface area (Å²) < 4.78 is 88.2. The number of aryl methyl sites for hydroxylation is 3. The normalized spacial score (nSPS) is 11.6. The zero-order valence-corrected chi connectivity index (χ0v) is 40.6. The van der Waals surface area contributed by atoms with Crippen LogP contribution in [0.1, 0.15) is 27.8 Å². The smallest absolute Gasteiger partial charge is 0.243 e. The number of rotatable bonds is 16. The van der Waals surface area contributed by atoms with Gasteiger partial charge in [-0.2, -0.15) is 12.9 Å². The summed E-state index contributed by atoms with van der Waals surface area (Å²) in [6, 6.07) is 41.3. The first-order valence-electron chi connectivity index (χ1n) is 16.2. The molecule has 0 aliphatic rings. The van der Waals surface area contributed by atoms with E-state index in [9.17, 15) is 25.3 Å². The van der Waals surface area contributed by atoms with Gasteiger partial charge in [0.2, 0.25) is 30.1 Å². The van der Waals surface area contributed by atoms with Gasteiger partial charge in [0.15, 0.2) is 0 Å². The third kappa shape index (κ3) is 14.7. The van der Waals surface area contributed by atoms with Crippen LogP contribution in [0.3, 0.4) is 0 Å². The summed E-state index contributed by atoms with van der Waals surface area (Å²) in [5, 5.41) is 0. The summed E-state index contributed by atoms with van der Waals surface area (Å²) in [4.78, 5) is 0.119. The molecule has 16 heteroatoms. The van der Waals surface area contributed by atoms with Gasteiger partial charge >= 0.3 is 0 Å². The maximum atomic E-state index is 14.3. The second-order valence-corrected chi connectivity index (χ2v) is 17.9. The number of hydrogen-bond donors (Lipinski definition) is 0. The van der Waals surface area contributed by atoms with E-state index in [2.05, 4.69) is 24.3 Å². The van der Waals surface area contributed by atoms with E-state index in [0.717, 1.165) is 21.0 Å². The van der Waals surface area contributed by atoms with Crippen molar-refractivity contribution in [2.45, 2.75) is 48.5 Å². The molecule has 0 aliphatic heterocycles. The molecule has 0 heterocycles.